The molecule has 20 heavy (non-hydrogen) atoms. The number of amides is 1. The molecule has 4 nitrogen and oxygen atoms in total. The summed E-state index contributed by atoms with van der Waals surface area (Å²) in [5, 5.41) is 3.55. The number of hydrogen-bond donors (Lipinski definition) is 2. The van der Waals surface area contributed by atoms with Crippen LogP contribution in [0.4, 0.5) is 5.69 Å². The number of anilines is 1. The molecule has 2 rings (SSSR count). The van der Waals surface area contributed by atoms with Crippen LogP contribution in [-0.4, -0.2) is 37.0 Å². The van der Waals surface area contributed by atoms with E-state index < -0.39 is 0 Å². The van der Waals surface area contributed by atoms with E-state index >= 15 is 0 Å². The third-order valence-corrected chi connectivity index (χ3v) is 4.16. The molecule has 1 saturated heterocycles. The molecule has 5 heteroatoms. The fourth-order valence-electron chi connectivity index (χ4n) is 2.50. The van der Waals surface area contributed by atoms with Gasteiger partial charge in [0.2, 0.25) is 5.91 Å². The van der Waals surface area contributed by atoms with Crippen LogP contribution in [0.5, 0.6) is 0 Å². The van der Waals surface area contributed by atoms with E-state index in [1.54, 1.807) is 12.1 Å². The second kappa shape index (κ2) is 6.57. The van der Waals surface area contributed by atoms with E-state index in [-0.39, 0.29) is 11.3 Å². The van der Waals surface area contributed by atoms with E-state index in [4.69, 9.17) is 17.3 Å². The van der Waals surface area contributed by atoms with Crippen molar-refractivity contribution in [1.29, 1.82) is 0 Å². The predicted molar refractivity (Wildman–Crippen MR) is 82.9 cm³/mol. The largest absolute Gasteiger partial charge is 0.330 e. The van der Waals surface area contributed by atoms with Crippen LogP contribution in [-0.2, 0) is 4.79 Å². The van der Waals surface area contributed by atoms with Crippen molar-refractivity contribution in [2.75, 3.05) is 31.5 Å². The first-order chi connectivity index (χ1) is 9.50. The number of halogens is 1. The minimum absolute atomic E-state index is 0.0358. The molecule has 1 aromatic rings. The lowest BCUT2D eigenvalue weighted by Crippen LogP contribution is -2.32. The van der Waals surface area contributed by atoms with Crippen LogP contribution in [0.3, 0.4) is 0 Å². The van der Waals surface area contributed by atoms with E-state index in [0.29, 0.717) is 18.0 Å². The van der Waals surface area contributed by atoms with Gasteiger partial charge >= 0.3 is 0 Å². The third kappa shape index (κ3) is 4.20. The molecule has 3 N–H and O–H groups in total. The summed E-state index contributed by atoms with van der Waals surface area (Å²) in [5.41, 5.74) is 6.78. The average molecular weight is 296 g/mol. The Hall–Kier alpha value is -1.10. The Morgan fingerprint density at radius 2 is 2.15 bits per heavy atom. The number of nitrogens with one attached hydrogen (secondary N) is 1. The molecule has 1 fully saturated rings. The molecule has 1 amide bonds. The van der Waals surface area contributed by atoms with E-state index in [1.165, 1.54) is 0 Å². The van der Waals surface area contributed by atoms with Crippen molar-refractivity contribution >= 4 is 23.2 Å². The molecule has 0 aliphatic carbocycles. The van der Waals surface area contributed by atoms with Crippen molar-refractivity contribution in [1.82, 2.24) is 4.90 Å². The topological polar surface area (TPSA) is 58.4 Å². The smallest absolute Gasteiger partial charge is 0.225 e. The first-order valence-electron chi connectivity index (χ1n) is 6.99. The zero-order chi connectivity index (χ0) is 14.6. The fraction of sp³-hybridized carbons (Fsp3) is 0.533. The van der Waals surface area contributed by atoms with Gasteiger partial charge in [-0.3, -0.25) is 4.79 Å². The summed E-state index contributed by atoms with van der Waals surface area (Å²) in [5.74, 6) is 0.0358. The Balaban J connectivity index is 1.74. The van der Waals surface area contributed by atoms with Gasteiger partial charge in [-0.2, -0.15) is 0 Å². The number of carbonyl (C=O) groups is 1. The Labute approximate surface area is 125 Å². The standard InChI is InChI=1S/C15H22ClN3O/c1-15(10-17)7-9-19(11-15)8-6-14(20)18-13-4-2-12(16)3-5-13/h2-5H,6-11,17H2,1H3,(H,18,20). The molecule has 1 heterocycles. The molecule has 0 saturated carbocycles. The number of nitrogens with two attached hydrogens (primary N) is 1. The zero-order valence-electron chi connectivity index (χ0n) is 11.9. The zero-order valence-corrected chi connectivity index (χ0v) is 12.6. The van der Waals surface area contributed by atoms with Crippen molar-refractivity contribution in [3.8, 4) is 0 Å². The maximum atomic E-state index is 11.9. The SMILES string of the molecule is CC1(CN)CCN(CCC(=O)Nc2ccc(Cl)cc2)C1. The molecule has 0 aromatic heterocycles. The molecule has 0 bridgehead atoms. The van der Waals surface area contributed by atoms with Crippen LogP contribution >= 0.6 is 11.6 Å². The second-order valence-electron chi connectivity index (χ2n) is 5.85. The second-order valence-corrected chi connectivity index (χ2v) is 6.28. The molecule has 1 aliphatic rings. The molecular formula is C15H22ClN3O. The molecule has 1 aliphatic heterocycles. The van der Waals surface area contributed by atoms with Crippen molar-refractivity contribution in [2.45, 2.75) is 19.8 Å². The lowest BCUT2D eigenvalue weighted by atomic mass is 9.90. The summed E-state index contributed by atoms with van der Waals surface area (Å²) < 4.78 is 0. The number of benzene rings is 1. The van der Waals surface area contributed by atoms with E-state index in [0.717, 1.165) is 31.7 Å². The number of likely N-dealkylation sites (tertiary alicyclic amines) is 1. The minimum Gasteiger partial charge on any atom is -0.330 e. The highest BCUT2D eigenvalue weighted by Gasteiger charge is 2.32. The van der Waals surface area contributed by atoms with Crippen LogP contribution in [0.2, 0.25) is 5.02 Å². The summed E-state index contributed by atoms with van der Waals surface area (Å²) in [7, 11) is 0. The van der Waals surface area contributed by atoms with Crippen LogP contribution in [0, 0.1) is 5.41 Å². The highest BCUT2D eigenvalue weighted by Crippen LogP contribution is 2.28. The highest BCUT2D eigenvalue weighted by molar-refractivity contribution is 6.30. The molecule has 1 aromatic carbocycles. The molecule has 1 unspecified atom stereocenters. The van der Waals surface area contributed by atoms with Gasteiger partial charge in [0.05, 0.1) is 0 Å². The Morgan fingerprint density at radius 3 is 2.75 bits per heavy atom. The van der Waals surface area contributed by atoms with Crippen LogP contribution < -0.4 is 11.1 Å². The minimum atomic E-state index is 0.0358. The van der Waals surface area contributed by atoms with Gasteiger partial charge in [0.1, 0.15) is 0 Å². The van der Waals surface area contributed by atoms with Crippen molar-refractivity contribution < 1.29 is 4.79 Å². The molecule has 110 valence electrons. The molecular weight excluding hydrogens is 274 g/mol. The predicted octanol–water partition coefficient (Wildman–Crippen LogP) is 2.34. The quantitative estimate of drug-likeness (QED) is 0.876. The molecule has 0 spiro atoms. The number of hydrogen-bond acceptors (Lipinski definition) is 3. The lowest BCUT2D eigenvalue weighted by Gasteiger charge is -2.22. The van der Waals surface area contributed by atoms with Crippen LogP contribution in [0.15, 0.2) is 24.3 Å². The van der Waals surface area contributed by atoms with Gasteiger partial charge in [0, 0.05) is 30.2 Å². The summed E-state index contributed by atoms with van der Waals surface area (Å²) in [6, 6.07) is 7.15. The maximum absolute atomic E-state index is 11.9. The summed E-state index contributed by atoms with van der Waals surface area (Å²) in [6.45, 7) is 5.72. The Bertz CT molecular complexity index is 463. The lowest BCUT2D eigenvalue weighted by molar-refractivity contribution is -0.116. The van der Waals surface area contributed by atoms with E-state index in [2.05, 4.69) is 17.1 Å². The fourth-order valence-corrected chi connectivity index (χ4v) is 2.63. The van der Waals surface area contributed by atoms with Crippen LogP contribution in [0.25, 0.3) is 0 Å². The van der Waals surface area contributed by atoms with Gasteiger partial charge in [-0.25, -0.2) is 0 Å². The van der Waals surface area contributed by atoms with Crippen LogP contribution in [0.1, 0.15) is 19.8 Å². The molecule has 0 radical (unpaired) electrons. The van der Waals surface area contributed by atoms with Gasteiger partial charge in [-0.05, 0) is 49.2 Å². The summed E-state index contributed by atoms with van der Waals surface area (Å²) >= 11 is 5.81. The number of carbonyl (C=O) groups excluding carboxylic acids is 1. The van der Waals surface area contributed by atoms with Gasteiger partial charge < -0.3 is 16.0 Å². The maximum Gasteiger partial charge on any atom is 0.225 e. The first kappa shape index (κ1) is 15.3. The van der Waals surface area contributed by atoms with Gasteiger partial charge in [0.25, 0.3) is 0 Å². The normalized spacial score (nSPS) is 22.9. The summed E-state index contributed by atoms with van der Waals surface area (Å²) in [4.78, 5) is 14.2. The monoisotopic (exact) mass is 295 g/mol. The first-order valence-corrected chi connectivity index (χ1v) is 7.36. The Morgan fingerprint density at radius 1 is 1.45 bits per heavy atom. The van der Waals surface area contributed by atoms with E-state index in [1.807, 2.05) is 12.1 Å². The number of rotatable bonds is 5. The van der Waals surface area contributed by atoms with Crippen molar-refractivity contribution in [3.63, 3.8) is 0 Å². The van der Waals surface area contributed by atoms with Gasteiger partial charge in [0.15, 0.2) is 0 Å². The van der Waals surface area contributed by atoms with Gasteiger partial charge in [-0.15, -0.1) is 0 Å². The third-order valence-electron chi connectivity index (χ3n) is 3.91. The van der Waals surface area contributed by atoms with Crippen molar-refractivity contribution in [2.24, 2.45) is 11.1 Å². The molecule has 1 atom stereocenters. The van der Waals surface area contributed by atoms with Gasteiger partial charge in [-0.1, -0.05) is 18.5 Å². The highest BCUT2D eigenvalue weighted by atomic mass is 35.5. The summed E-state index contributed by atoms with van der Waals surface area (Å²) in [6.07, 6.45) is 1.62. The average Bonchev–Trinajstić information content (AvgIpc) is 2.82. The van der Waals surface area contributed by atoms with E-state index in [9.17, 15) is 4.79 Å². The Kier molecular flexibility index (Phi) is 5.02. The van der Waals surface area contributed by atoms with Crippen molar-refractivity contribution in [3.05, 3.63) is 29.3 Å². The number of nitrogens with zero attached hydrogens (tertiary/aromatic N) is 1.